The zero-order valence-electron chi connectivity index (χ0n) is 13.7. The highest BCUT2D eigenvalue weighted by Gasteiger charge is 2.15. The molecule has 0 bridgehead atoms. The van der Waals surface area contributed by atoms with Crippen molar-refractivity contribution in [3.8, 4) is 17.2 Å². The van der Waals surface area contributed by atoms with Gasteiger partial charge in [0.15, 0.2) is 11.5 Å². The normalized spacial score (nSPS) is 10.5. The second-order valence-electron chi connectivity index (χ2n) is 5.14. The molecule has 0 aliphatic rings. The van der Waals surface area contributed by atoms with E-state index < -0.39 is 0 Å². The lowest BCUT2D eigenvalue weighted by molar-refractivity contribution is 0.102. The molecule has 6 heteroatoms. The summed E-state index contributed by atoms with van der Waals surface area (Å²) in [5, 5.41) is 3.63. The molecule has 6 nitrogen and oxygen atoms in total. The molecule has 2 aromatic carbocycles. The highest BCUT2D eigenvalue weighted by atomic mass is 16.5. The van der Waals surface area contributed by atoms with Gasteiger partial charge in [-0.15, -0.1) is 0 Å². The number of methoxy groups -OCH3 is 3. The second-order valence-corrected chi connectivity index (χ2v) is 5.14. The van der Waals surface area contributed by atoms with Crippen LogP contribution in [0.3, 0.4) is 0 Å². The van der Waals surface area contributed by atoms with Crippen LogP contribution in [0.15, 0.2) is 42.6 Å². The van der Waals surface area contributed by atoms with Gasteiger partial charge >= 0.3 is 0 Å². The van der Waals surface area contributed by atoms with Gasteiger partial charge < -0.3 is 24.5 Å². The Morgan fingerprint density at radius 3 is 2.25 bits per heavy atom. The van der Waals surface area contributed by atoms with Gasteiger partial charge in [0.05, 0.1) is 32.4 Å². The summed E-state index contributed by atoms with van der Waals surface area (Å²) in [6.45, 7) is 0. The first-order valence-corrected chi connectivity index (χ1v) is 7.34. The Morgan fingerprint density at radius 2 is 1.62 bits per heavy atom. The molecule has 0 saturated carbocycles. The number of fused-ring (bicyclic) bond motifs is 1. The fourth-order valence-electron chi connectivity index (χ4n) is 2.51. The van der Waals surface area contributed by atoms with Gasteiger partial charge in [-0.1, -0.05) is 0 Å². The largest absolute Gasteiger partial charge is 0.497 e. The van der Waals surface area contributed by atoms with E-state index in [9.17, 15) is 4.79 Å². The summed E-state index contributed by atoms with van der Waals surface area (Å²) in [5.74, 6) is 1.70. The van der Waals surface area contributed by atoms with Crippen molar-refractivity contribution in [2.75, 3.05) is 26.6 Å². The van der Waals surface area contributed by atoms with Crippen molar-refractivity contribution in [3.63, 3.8) is 0 Å². The average molecular weight is 326 g/mol. The van der Waals surface area contributed by atoms with E-state index in [0.29, 0.717) is 22.7 Å². The molecule has 24 heavy (non-hydrogen) atoms. The van der Waals surface area contributed by atoms with Crippen LogP contribution >= 0.6 is 0 Å². The van der Waals surface area contributed by atoms with E-state index in [0.717, 1.165) is 16.7 Å². The first-order valence-electron chi connectivity index (χ1n) is 7.34. The molecular weight excluding hydrogens is 308 g/mol. The molecule has 0 saturated heterocycles. The third kappa shape index (κ3) is 2.86. The van der Waals surface area contributed by atoms with E-state index in [4.69, 9.17) is 14.2 Å². The third-order valence-corrected chi connectivity index (χ3v) is 3.78. The molecule has 3 aromatic rings. The van der Waals surface area contributed by atoms with Crippen LogP contribution in [0.4, 0.5) is 5.69 Å². The van der Waals surface area contributed by atoms with Crippen molar-refractivity contribution in [1.29, 1.82) is 0 Å². The molecule has 0 aliphatic carbocycles. The number of H-pyrrole nitrogens is 1. The SMILES string of the molecule is COc1ccc(NC(=O)c2c[nH]c3cc(OC)c(OC)cc23)cc1. The summed E-state index contributed by atoms with van der Waals surface area (Å²) in [6, 6.07) is 10.7. The lowest BCUT2D eigenvalue weighted by atomic mass is 10.1. The summed E-state index contributed by atoms with van der Waals surface area (Å²) >= 11 is 0. The topological polar surface area (TPSA) is 72.6 Å². The van der Waals surface area contributed by atoms with Crippen LogP contribution < -0.4 is 19.5 Å². The van der Waals surface area contributed by atoms with Crippen LogP contribution in [-0.4, -0.2) is 32.2 Å². The molecular formula is C18H18N2O4. The van der Waals surface area contributed by atoms with Gasteiger partial charge in [-0.2, -0.15) is 0 Å². The monoisotopic (exact) mass is 326 g/mol. The van der Waals surface area contributed by atoms with Crippen molar-refractivity contribution in [2.45, 2.75) is 0 Å². The number of amides is 1. The van der Waals surface area contributed by atoms with Crippen LogP contribution in [0.2, 0.25) is 0 Å². The number of hydrogen-bond donors (Lipinski definition) is 2. The maximum absolute atomic E-state index is 12.6. The lowest BCUT2D eigenvalue weighted by Gasteiger charge is -2.08. The van der Waals surface area contributed by atoms with Gasteiger partial charge in [-0.3, -0.25) is 4.79 Å². The predicted molar refractivity (Wildman–Crippen MR) is 92.3 cm³/mol. The number of hydrogen-bond acceptors (Lipinski definition) is 4. The maximum Gasteiger partial charge on any atom is 0.257 e. The Kier molecular flexibility index (Phi) is 4.29. The molecule has 1 aromatic heterocycles. The number of nitrogens with one attached hydrogen (secondary N) is 2. The molecule has 1 heterocycles. The molecule has 0 atom stereocenters. The Morgan fingerprint density at radius 1 is 0.958 bits per heavy atom. The summed E-state index contributed by atoms with van der Waals surface area (Å²) < 4.78 is 15.7. The minimum atomic E-state index is -0.210. The standard InChI is InChI=1S/C18H18N2O4/c1-22-12-6-4-11(5-7-12)20-18(21)14-10-19-15-9-17(24-3)16(23-2)8-13(14)15/h4-10,19H,1-3H3,(H,20,21). The molecule has 1 amide bonds. The predicted octanol–water partition coefficient (Wildman–Crippen LogP) is 3.45. The molecule has 124 valence electrons. The fourth-order valence-corrected chi connectivity index (χ4v) is 2.51. The first-order chi connectivity index (χ1) is 11.7. The smallest absolute Gasteiger partial charge is 0.257 e. The Hall–Kier alpha value is -3.15. The van der Waals surface area contributed by atoms with Crippen LogP contribution in [0.1, 0.15) is 10.4 Å². The van der Waals surface area contributed by atoms with E-state index in [2.05, 4.69) is 10.3 Å². The number of benzene rings is 2. The second kappa shape index (κ2) is 6.54. The quantitative estimate of drug-likeness (QED) is 0.753. The zero-order chi connectivity index (χ0) is 17.1. The minimum Gasteiger partial charge on any atom is -0.497 e. The number of aromatic amines is 1. The molecule has 2 N–H and O–H groups in total. The highest BCUT2D eigenvalue weighted by molar-refractivity contribution is 6.13. The lowest BCUT2D eigenvalue weighted by Crippen LogP contribution is -2.11. The summed E-state index contributed by atoms with van der Waals surface area (Å²) in [6.07, 6.45) is 1.67. The van der Waals surface area contributed by atoms with Crippen molar-refractivity contribution < 1.29 is 19.0 Å². The summed E-state index contributed by atoms with van der Waals surface area (Å²) in [4.78, 5) is 15.6. The van der Waals surface area contributed by atoms with E-state index in [1.165, 1.54) is 0 Å². The molecule has 3 rings (SSSR count). The van der Waals surface area contributed by atoms with E-state index in [1.54, 1.807) is 63.9 Å². The number of ether oxygens (including phenoxy) is 3. The molecule has 0 fully saturated rings. The van der Waals surface area contributed by atoms with Crippen LogP contribution in [-0.2, 0) is 0 Å². The van der Waals surface area contributed by atoms with Gasteiger partial charge in [0, 0.05) is 23.3 Å². The number of rotatable bonds is 5. The van der Waals surface area contributed by atoms with E-state index >= 15 is 0 Å². The zero-order valence-corrected chi connectivity index (χ0v) is 13.7. The van der Waals surface area contributed by atoms with Gasteiger partial charge in [-0.05, 0) is 30.3 Å². The third-order valence-electron chi connectivity index (χ3n) is 3.78. The minimum absolute atomic E-state index is 0.210. The van der Waals surface area contributed by atoms with Gasteiger partial charge in [-0.25, -0.2) is 0 Å². The Bertz CT molecular complexity index is 869. The highest BCUT2D eigenvalue weighted by Crippen LogP contribution is 2.33. The van der Waals surface area contributed by atoms with Crippen molar-refractivity contribution in [2.24, 2.45) is 0 Å². The van der Waals surface area contributed by atoms with Crippen LogP contribution in [0.25, 0.3) is 10.9 Å². The number of aromatic nitrogens is 1. The van der Waals surface area contributed by atoms with Gasteiger partial charge in [0.25, 0.3) is 5.91 Å². The number of carbonyl (C=O) groups is 1. The fraction of sp³-hybridized carbons (Fsp3) is 0.167. The van der Waals surface area contributed by atoms with E-state index in [1.807, 2.05) is 0 Å². The molecule has 0 spiro atoms. The molecule has 0 unspecified atom stereocenters. The van der Waals surface area contributed by atoms with Crippen molar-refractivity contribution in [3.05, 3.63) is 48.2 Å². The van der Waals surface area contributed by atoms with Crippen LogP contribution in [0.5, 0.6) is 17.2 Å². The molecule has 0 aliphatic heterocycles. The van der Waals surface area contributed by atoms with Crippen molar-refractivity contribution in [1.82, 2.24) is 4.98 Å². The average Bonchev–Trinajstić information content (AvgIpc) is 3.03. The Balaban J connectivity index is 1.91. The number of carbonyl (C=O) groups excluding carboxylic acids is 1. The van der Waals surface area contributed by atoms with Gasteiger partial charge in [0.2, 0.25) is 0 Å². The molecule has 0 radical (unpaired) electrons. The summed E-state index contributed by atoms with van der Waals surface area (Å²) in [5.41, 5.74) is 2.02. The summed E-state index contributed by atoms with van der Waals surface area (Å²) in [7, 11) is 4.73. The maximum atomic E-state index is 12.6. The van der Waals surface area contributed by atoms with Gasteiger partial charge in [0.1, 0.15) is 5.75 Å². The Labute approximate surface area is 139 Å². The van der Waals surface area contributed by atoms with Crippen molar-refractivity contribution >= 4 is 22.5 Å². The first kappa shape index (κ1) is 15.7. The number of anilines is 1. The van der Waals surface area contributed by atoms with Crippen LogP contribution in [0, 0.1) is 0 Å². The van der Waals surface area contributed by atoms with E-state index in [-0.39, 0.29) is 5.91 Å².